The normalized spacial score (nSPS) is 14.2. The van der Waals surface area contributed by atoms with Crippen LogP contribution in [0.4, 0.5) is 11.4 Å². The summed E-state index contributed by atoms with van der Waals surface area (Å²) in [5.74, 6) is 0. The Morgan fingerprint density at radius 3 is 1.49 bits per heavy atom. The van der Waals surface area contributed by atoms with Gasteiger partial charge in [0.2, 0.25) is 0 Å². The van der Waals surface area contributed by atoms with Crippen molar-refractivity contribution in [3.8, 4) is 55.6 Å². The van der Waals surface area contributed by atoms with E-state index >= 15 is 0 Å². The molecular formula is C60H41N3. The molecule has 0 fully saturated rings. The molecule has 1 atom stereocenters. The van der Waals surface area contributed by atoms with Crippen LogP contribution in [0.3, 0.4) is 0 Å². The number of aromatic nitrogens is 1. The molecule has 0 bridgehead atoms. The lowest BCUT2D eigenvalue weighted by Gasteiger charge is -2.32. The van der Waals surface area contributed by atoms with E-state index in [1.165, 1.54) is 82.8 Å². The van der Waals surface area contributed by atoms with Crippen LogP contribution in [0.1, 0.15) is 11.1 Å². The molecule has 63 heavy (non-hydrogen) atoms. The second kappa shape index (κ2) is 15.3. The van der Waals surface area contributed by atoms with E-state index in [1.807, 2.05) is 12.4 Å². The third-order valence-corrected chi connectivity index (χ3v) is 12.7. The van der Waals surface area contributed by atoms with Gasteiger partial charge in [0.15, 0.2) is 0 Å². The molecule has 3 nitrogen and oxygen atoms in total. The maximum Gasteiger partial charge on any atom is 0.124 e. The van der Waals surface area contributed by atoms with Crippen LogP contribution in [0.5, 0.6) is 0 Å². The van der Waals surface area contributed by atoms with Gasteiger partial charge in [-0.05, 0) is 148 Å². The number of pyridine rings is 1. The Morgan fingerprint density at radius 1 is 0.381 bits per heavy atom. The number of anilines is 2. The van der Waals surface area contributed by atoms with Gasteiger partial charge in [-0.25, -0.2) is 0 Å². The highest BCUT2D eigenvalue weighted by atomic mass is 15.3. The van der Waals surface area contributed by atoms with Crippen LogP contribution in [0.25, 0.3) is 88.4 Å². The Morgan fingerprint density at radius 2 is 0.889 bits per heavy atom. The molecule has 12 rings (SSSR count). The van der Waals surface area contributed by atoms with Crippen molar-refractivity contribution in [1.82, 2.24) is 4.98 Å². The van der Waals surface area contributed by atoms with Gasteiger partial charge in [0, 0.05) is 12.4 Å². The number of allylic oxidation sites excluding steroid dienone is 2. The molecule has 2 aliphatic heterocycles. The van der Waals surface area contributed by atoms with E-state index < -0.39 is 0 Å². The van der Waals surface area contributed by atoms with E-state index in [2.05, 4.69) is 240 Å². The van der Waals surface area contributed by atoms with Crippen LogP contribution in [-0.4, -0.2) is 11.1 Å². The molecule has 9 aromatic carbocycles. The fourth-order valence-electron chi connectivity index (χ4n) is 9.56. The van der Waals surface area contributed by atoms with Crippen molar-refractivity contribution in [2.24, 2.45) is 0 Å². The van der Waals surface area contributed by atoms with Crippen LogP contribution >= 0.6 is 0 Å². The summed E-state index contributed by atoms with van der Waals surface area (Å²) < 4.78 is 0. The van der Waals surface area contributed by atoms with E-state index in [1.54, 1.807) is 0 Å². The second-order valence-electron chi connectivity index (χ2n) is 16.5. The van der Waals surface area contributed by atoms with E-state index in [0.717, 1.165) is 28.2 Å². The molecule has 3 heteroatoms. The predicted molar refractivity (Wildman–Crippen MR) is 265 cm³/mol. The molecule has 1 aromatic heterocycles. The predicted octanol–water partition coefficient (Wildman–Crippen LogP) is 15.4. The van der Waals surface area contributed by atoms with E-state index in [0.29, 0.717) is 0 Å². The molecule has 0 spiro atoms. The zero-order valence-electron chi connectivity index (χ0n) is 34.5. The topological polar surface area (TPSA) is 28.2 Å². The third-order valence-electron chi connectivity index (χ3n) is 12.7. The summed E-state index contributed by atoms with van der Waals surface area (Å²) in [5, 5.41) is 8.87. The minimum Gasteiger partial charge on any atom is -0.360 e. The summed E-state index contributed by atoms with van der Waals surface area (Å²) in [6.45, 7) is 0. The maximum atomic E-state index is 4.28. The molecule has 0 radical (unpaired) electrons. The lowest BCUT2D eigenvalue weighted by molar-refractivity contribution is 0.925. The number of nitrogens with zero attached hydrogens (tertiary/aromatic N) is 2. The smallest absolute Gasteiger partial charge is 0.124 e. The highest BCUT2D eigenvalue weighted by molar-refractivity contribution is 6.01. The van der Waals surface area contributed by atoms with Crippen molar-refractivity contribution in [3.63, 3.8) is 0 Å². The fraction of sp³-hybridized carbons (Fsp3) is 0.0167. The van der Waals surface area contributed by atoms with Crippen molar-refractivity contribution in [2.45, 2.75) is 6.17 Å². The Bertz CT molecular complexity index is 3250. The first-order valence-electron chi connectivity index (χ1n) is 21.6. The number of fused-ring (bicyclic) bond motifs is 5. The van der Waals surface area contributed by atoms with Crippen LogP contribution < -0.4 is 10.2 Å². The molecule has 1 unspecified atom stereocenters. The van der Waals surface area contributed by atoms with Crippen molar-refractivity contribution in [2.75, 3.05) is 10.2 Å². The average Bonchev–Trinajstić information content (AvgIpc) is 3.74. The van der Waals surface area contributed by atoms with Crippen molar-refractivity contribution >= 4 is 44.2 Å². The number of benzene rings is 9. The first-order chi connectivity index (χ1) is 31.2. The third kappa shape index (κ3) is 6.68. The zero-order valence-corrected chi connectivity index (χ0v) is 34.5. The van der Waals surface area contributed by atoms with Crippen molar-refractivity contribution < 1.29 is 0 Å². The standard InChI is InChI=1S/C60H41N3/c1-2-12-47(13-3-1)58-38-52(42-30-32-61-33-31-42)39-60-62-57-29-28-48(37-59(57)63(58)60)51-35-49(40-20-24-45(25-21-40)55-18-8-14-43-10-4-6-16-53(43)55)34-50(36-51)41-22-26-46(27-23-41)56-19-9-15-44-11-5-7-17-54(44)56/h1-39,60,62H. The molecule has 1 N–H and O–H groups in total. The first kappa shape index (κ1) is 36.6. The summed E-state index contributed by atoms with van der Waals surface area (Å²) in [5.41, 5.74) is 18.9. The number of hydrogen-bond acceptors (Lipinski definition) is 3. The van der Waals surface area contributed by atoms with Gasteiger partial charge in [-0.1, -0.05) is 170 Å². The molecule has 0 saturated heterocycles. The molecule has 2 aliphatic rings. The van der Waals surface area contributed by atoms with Gasteiger partial charge in [0.25, 0.3) is 0 Å². The summed E-state index contributed by atoms with van der Waals surface area (Å²) in [4.78, 5) is 6.73. The van der Waals surface area contributed by atoms with Gasteiger partial charge in [-0.3, -0.25) is 4.98 Å². The minimum absolute atomic E-state index is 0.0407. The molecule has 10 aromatic rings. The monoisotopic (exact) mass is 803 g/mol. The summed E-state index contributed by atoms with van der Waals surface area (Å²) in [6.07, 6.45) is 8.32. The second-order valence-corrected chi connectivity index (χ2v) is 16.5. The largest absolute Gasteiger partial charge is 0.360 e. The SMILES string of the molecule is C1=C(c2ccncc2)C=C(c2ccccc2)N2c3cc(-c4cc(-c5ccc(-c6cccc7ccccc67)cc5)cc(-c5ccc(-c6cccc7ccccc67)cc5)c4)ccc3NC12. The van der Waals surface area contributed by atoms with Gasteiger partial charge in [-0.15, -0.1) is 0 Å². The van der Waals surface area contributed by atoms with Gasteiger partial charge in [-0.2, -0.15) is 0 Å². The van der Waals surface area contributed by atoms with Gasteiger partial charge < -0.3 is 10.2 Å². The van der Waals surface area contributed by atoms with Crippen molar-refractivity contribution in [3.05, 3.63) is 248 Å². The molecule has 0 saturated carbocycles. The fourth-order valence-corrected chi connectivity index (χ4v) is 9.56. The summed E-state index contributed by atoms with van der Waals surface area (Å²) in [7, 11) is 0. The molecule has 296 valence electrons. The number of rotatable bonds is 7. The number of hydrogen-bond donors (Lipinski definition) is 1. The summed E-state index contributed by atoms with van der Waals surface area (Å²) in [6, 6.07) is 77.4. The first-order valence-corrected chi connectivity index (χ1v) is 21.6. The highest BCUT2D eigenvalue weighted by Crippen LogP contribution is 2.47. The minimum atomic E-state index is -0.0407. The van der Waals surface area contributed by atoms with E-state index in [9.17, 15) is 0 Å². The lowest BCUT2D eigenvalue weighted by Crippen LogP contribution is -2.34. The van der Waals surface area contributed by atoms with Crippen LogP contribution in [-0.2, 0) is 0 Å². The Hall–Kier alpha value is -8.27. The molecule has 0 amide bonds. The Labute approximate surface area is 367 Å². The maximum absolute atomic E-state index is 4.28. The summed E-state index contributed by atoms with van der Waals surface area (Å²) >= 11 is 0. The van der Waals surface area contributed by atoms with Gasteiger partial charge >= 0.3 is 0 Å². The zero-order chi connectivity index (χ0) is 41.7. The quantitative estimate of drug-likeness (QED) is 0.174. The molecule has 3 heterocycles. The van der Waals surface area contributed by atoms with Crippen LogP contribution in [0, 0.1) is 0 Å². The average molecular weight is 804 g/mol. The Kier molecular flexibility index (Phi) is 8.90. The van der Waals surface area contributed by atoms with E-state index in [-0.39, 0.29) is 6.17 Å². The molecular weight excluding hydrogens is 763 g/mol. The van der Waals surface area contributed by atoms with Gasteiger partial charge in [0.1, 0.15) is 6.17 Å². The number of nitrogens with one attached hydrogen (secondary N) is 1. The van der Waals surface area contributed by atoms with Crippen LogP contribution in [0.15, 0.2) is 237 Å². The highest BCUT2D eigenvalue weighted by Gasteiger charge is 2.34. The van der Waals surface area contributed by atoms with Crippen molar-refractivity contribution in [1.29, 1.82) is 0 Å². The van der Waals surface area contributed by atoms with E-state index in [4.69, 9.17) is 0 Å². The van der Waals surface area contributed by atoms with Crippen LogP contribution in [0.2, 0.25) is 0 Å². The molecule has 0 aliphatic carbocycles. The van der Waals surface area contributed by atoms with Gasteiger partial charge in [0.05, 0.1) is 17.1 Å². The Balaban J connectivity index is 0.964. The lowest BCUT2D eigenvalue weighted by atomic mass is 9.91.